The first-order chi connectivity index (χ1) is 12.4. The van der Waals surface area contributed by atoms with Crippen LogP contribution in [0, 0.1) is 0 Å². The van der Waals surface area contributed by atoms with Crippen LogP contribution in [0.15, 0.2) is 23.2 Å². The molecule has 2 N–H and O–H groups in total. The quantitative estimate of drug-likeness (QED) is 0.327. The minimum atomic E-state index is 0. The lowest BCUT2D eigenvalue weighted by Gasteiger charge is -2.41. The summed E-state index contributed by atoms with van der Waals surface area (Å²) in [5.41, 5.74) is 1.12. The lowest BCUT2D eigenvalue weighted by Crippen LogP contribution is -2.51. The molecule has 1 heterocycles. The van der Waals surface area contributed by atoms with E-state index in [0.717, 1.165) is 50.7 Å². The van der Waals surface area contributed by atoms with Crippen molar-refractivity contribution < 1.29 is 4.74 Å². The maximum Gasteiger partial charge on any atom is 0.191 e. The van der Waals surface area contributed by atoms with Crippen molar-refractivity contribution in [2.75, 3.05) is 40.4 Å². The molecule has 27 heavy (non-hydrogen) atoms. The molecular weight excluding hydrogens is 498 g/mol. The summed E-state index contributed by atoms with van der Waals surface area (Å²) >= 11 is 12.2. The largest absolute Gasteiger partial charge is 0.381 e. The van der Waals surface area contributed by atoms with Gasteiger partial charge in [-0.05, 0) is 58.5 Å². The van der Waals surface area contributed by atoms with Crippen LogP contribution in [0.1, 0.15) is 38.3 Å². The number of ether oxygens (including phenoxy) is 1. The van der Waals surface area contributed by atoms with Crippen LogP contribution in [0.2, 0.25) is 10.0 Å². The van der Waals surface area contributed by atoms with E-state index in [0.29, 0.717) is 10.0 Å². The number of rotatable bonds is 6. The Morgan fingerprint density at radius 3 is 2.48 bits per heavy atom. The zero-order valence-corrected chi connectivity index (χ0v) is 20.4. The number of hydrogen-bond donors (Lipinski definition) is 2. The van der Waals surface area contributed by atoms with E-state index >= 15 is 0 Å². The van der Waals surface area contributed by atoms with Crippen molar-refractivity contribution in [3.63, 3.8) is 0 Å². The van der Waals surface area contributed by atoms with Crippen LogP contribution < -0.4 is 10.6 Å². The SMILES string of the molecule is CCNC(=NCC1(N(C)C)CCOCC1)NC(C)c1ccc(Cl)c(Cl)c1.I. The molecule has 0 aliphatic carbocycles. The third kappa shape index (κ3) is 6.92. The van der Waals surface area contributed by atoms with Gasteiger partial charge in [-0.15, -0.1) is 24.0 Å². The third-order valence-electron chi connectivity index (χ3n) is 5.04. The van der Waals surface area contributed by atoms with Crippen LogP contribution in [-0.2, 0) is 4.74 Å². The van der Waals surface area contributed by atoms with Crippen molar-refractivity contribution in [2.24, 2.45) is 4.99 Å². The van der Waals surface area contributed by atoms with Crippen LogP contribution in [0.4, 0.5) is 0 Å². The number of aliphatic imine (C=N–C) groups is 1. The molecule has 0 amide bonds. The Hall–Kier alpha value is -0.280. The van der Waals surface area contributed by atoms with Gasteiger partial charge in [0.2, 0.25) is 0 Å². The minimum absolute atomic E-state index is 0. The van der Waals surface area contributed by atoms with Crippen LogP contribution in [0.5, 0.6) is 0 Å². The normalized spacial score (nSPS) is 18.0. The van der Waals surface area contributed by atoms with E-state index in [4.69, 9.17) is 32.9 Å². The van der Waals surface area contributed by atoms with Gasteiger partial charge in [-0.2, -0.15) is 0 Å². The third-order valence-corrected chi connectivity index (χ3v) is 5.78. The molecular formula is C19H31Cl2IN4O. The molecule has 1 saturated heterocycles. The highest BCUT2D eigenvalue weighted by Crippen LogP contribution is 2.27. The molecule has 0 spiro atoms. The van der Waals surface area contributed by atoms with Crippen molar-refractivity contribution in [3.8, 4) is 0 Å². The summed E-state index contributed by atoms with van der Waals surface area (Å²) in [5, 5.41) is 7.93. The molecule has 1 aliphatic heterocycles. The second-order valence-corrected chi connectivity index (χ2v) is 7.78. The predicted octanol–water partition coefficient (Wildman–Crippen LogP) is 4.34. The van der Waals surface area contributed by atoms with E-state index in [2.05, 4.69) is 43.5 Å². The summed E-state index contributed by atoms with van der Waals surface area (Å²) in [5.74, 6) is 0.804. The lowest BCUT2D eigenvalue weighted by molar-refractivity contribution is -0.00255. The van der Waals surface area contributed by atoms with Gasteiger partial charge in [0.15, 0.2) is 5.96 Å². The monoisotopic (exact) mass is 528 g/mol. The second kappa shape index (κ2) is 11.7. The molecule has 0 aromatic heterocycles. The van der Waals surface area contributed by atoms with Gasteiger partial charge in [0.1, 0.15) is 0 Å². The number of nitrogens with one attached hydrogen (secondary N) is 2. The van der Waals surface area contributed by atoms with E-state index in [9.17, 15) is 0 Å². The smallest absolute Gasteiger partial charge is 0.191 e. The zero-order chi connectivity index (χ0) is 19.2. The Kier molecular flexibility index (Phi) is 10.7. The Morgan fingerprint density at radius 2 is 1.93 bits per heavy atom. The van der Waals surface area contributed by atoms with Gasteiger partial charge < -0.3 is 20.3 Å². The van der Waals surface area contributed by atoms with Crippen molar-refractivity contribution in [2.45, 2.75) is 38.3 Å². The number of guanidine groups is 1. The van der Waals surface area contributed by atoms with E-state index in [-0.39, 0.29) is 35.6 Å². The first-order valence-electron chi connectivity index (χ1n) is 9.13. The lowest BCUT2D eigenvalue weighted by atomic mass is 9.89. The second-order valence-electron chi connectivity index (χ2n) is 6.97. The highest BCUT2D eigenvalue weighted by atomic mass is 127. The Balaban J connectivity index is 0.00000364. The summed E-state index contributed by atoms with van der Waals surface area (Å²) in [7, 11) is 4.25. The van der Waals surface area contributed by atoms with Crippen molar-refractivity contribution >= 4 is 53.1 Å². The predicted molar refractivity (Wildman–Crippen MR) is 126 cm³/mol. The van der Waals surface area contributed by atoms with E-state index in [1.165, 1.54) is 0 Å². The first-order valence-corrected chi connectivity index (χ1v) is 9.88. The van der Waals surface area contributed by atoms with Crippen LogP contribution in [0.25, 0.3) is 0 Å². The fourth-order valence-corrected chi connectivity index (χ4v) is 3.42. The van der Waals surface area contributed by atoms with Gasteiger partial charge in [0.05, 0.1) is 22.6 Å². The number of hydrogen-bond acceptors (Lipinski definition) is 3. The molecule has 1 atom stereocenters. The molecule has 1 aliphatic rings. The topological polar surface area (TPSA) is 48.9 Å². The molecule has 2 rings (SSSR count). The Morgan fingerprint density at radius 1 is 1.26 bits per heavy atom. The maximum atomic E-state index is 6.15. The Labute approximate surface area is 190 Å². The minimum Gasteiger partial charge on any atom is -0.381 e. The molecule has 1 fully saturated rings. The van der Waals surface area contributed by atoms with Crippen molar-refractivity contribution in [1.82, 2.24) is 15.5 Å². The standard InChI is InChI=1S/C19H30Cl2N4O.HI/c1-5-22-18(23-13-19(25(3)4)8-10-26-11-9-19)24-14(2)15-6-7-16(20)17(21)12-15;/h6-7,12,14H,5,8-11,13H2,1-4H3,(H2,22,23,24);1H. The molecule has 5 nitrogen and oxygen atoms in total. The van der Waals surface area contributed by atoms with Gasteiger partial charge in [0, 0.05) is 25.3 Å². The number of halogens is 3. The molecule has 0 bridgehead atoms. The van der Waals surface area contributed by atoms with Gasteiger partial charge in [0.25, 0.3) is 0 Å². The van der Waals surface area contributed by atoms with Gasteiger partial charge >= 0.3 is 0 Å². The molecule has 1 unspecified atom stereocenters. The number of benzene rings is 1. The fourth-order valence-electron chi connectivity index (χ4n) is 3.11. The molecule has 0 saturated carbocycles. The first kappa shape index (κ1) is 24.8. The summed E-state index contributed by atoms with van der Waals surface area (Å²) in [6.07, 6.45) is 1.98. The van der Waals surface area contributed by atoms with Crippen LogP contribution in [0.3, 0.4) is 0 Å². The van der Waals surface area contributed by atoms with E-state index in [1.807, 2.05) is 18.2 Å². The summed E-state index contributed by atoms with van der Waals surface area (Å²) < 4.78 is 5.54. The molecule has 1 aromatic carbocycles. The molecule has 1 aromatic rings. The molecule has 0 radical (unpaired) electrons. The summed E-state index contributed by atoms with van der Waals surface area (Å²) in [6.45, 7) is 7.26. The van der Waals surface area contributed by atoms with E-state index < -0.39 is 0 Å². The number of likely N-dealkylation sites (N-methyl/N-ethyl adjacent to an activating group) is 1. The summed E-state index contributed by atoms with van der Waals surface area (Å²) in [4.78, 5) is 7.16. The molecule has 8 heteroatoms. The zero-order valence-electron chi connectivity index (χ0n) is 16.5. The van der Waals surface area contributed by atoms with Crippen molar-refractivity contribution in [1.29, 1.82) is 0 Å². The van der Waals surface area contributed by atoms with Crippen LogP contribution in [-0.4, -0.2) is 56.8 Å². The fraction of sp³-hybridized carbons (Fsp3) is 0.632. The number of nitrogens with zero attached hydrogens (tertiary/aromatic N) is 2. The average molecular weight is 529 g/mol. The van der Waals surface area contributed by atoms with Gasteiger partial charge in [-0.25, -0.2) is 0 Å². The summed E-state index contributed by atoms with van der Waals surface area (Å²) in [6, 6.07) is 5.76. The molecule has 154 valence electrons. The van der Waals surface area contributed by atoms with Crippen molar-refractivity contribution in [3.05, 3.63) is 33.8 Å². The average Bonchev–Trinajstić information content (AvgIpc) is 2.62. The Bertz CT molecular complexity index is 622. The van der Waals surface area contributed by atoms with E-state index in [1.54, 1.807) is 0 Å². The van der Waals surface area contributed by atoms with Gasteiger partial charge in [-0.3, -0.25) is 4.99 Å². The maximum absolute atomic E-state index is 6.15. The highest BCUT2D eigenvalue weighted by Gasteiger charge is 2.34. The highest BCUT2D eigenvalue weighted by molar-refractivity contribution is 14.0. The van der Waals surface area contributed by atoms with Gasteiger partial charge in [-0.1, -0.05) is 29.3 Å². The van der Waals surface area contributed by atoms with Crippen LogP contribution >= 0.6 is 47.2 Å².